The summed E-state index contributed by atoms with van der Waals surface area (Å²) in [6.07, 6.45) is 3.30. The first-order valence-corrected chi connectivity index (χ1v) is 7.95. The molecule has 1 saturated heterocycles. The molecule has 0 aromatic heterocycles. The fourth-order valence-corrected chi connectivity index (χ4v) is 2.45. The third-order valence-electron chi connectivity index (χ3n) is 3.75. The zero-order chi connectivity index (χ0) is 17.4. The van der Waals surface area contributed by atoms with Crippen molar-refractivity contribution < 1.29 is 23.9 Å². The van der Waals surface area contributed by atoms with E-state index in [4.69, 9.17) is 4.74 Å². The molecule has 0 radical (unpaired) electrons. The van der Waals surface area contributed by atoms with Crippen LogP contribution in [0.2, 0.25) is 0 Å². The molecule has 7 heteroatoms. The minimum Gasteiger partial charge on any atom is -0.468 e. The van der Waals surface area contributed by atoms with E-state index in [1.165, 1.54) is 7.11 Å². The van der Waals surface area contributed by atoms with Gasteiger partial charge in [0.2, 0.25) is 5.91 Å². The van der Waals surface area contributed by atoms with Crippen molar-refractivity contribution >= 4 is 23.5 Å². The number of esters is 1. The summed E-state index contributed by atoms with van der Waals surface area (Å²) in [5.74, 6) is -1.05. The van der Waals surface area contributed by atoms with E-state index in [9.17, 15) is 14.4 Å². The lowest BCUT2D eigenvalue weighted by molar-refractivity contribution is -0.139. The van der Waals surface area contributed by atoms with Gasteiger partial charge in [0.05, 0.1) is 13.2 Å². The van der Waals surface area contributed by atoms with Crippen molar-refractivity contribution in [1.82, 2.24) is 5.32 Å². The first kappa shape index (κ1) is 17.9. The average Bonchev–Trinajstić information content (AvgIpc) is 3.11. The van der Waals surface area contributed by atoms with Crippen molar-refractivity contribution in [2.24, 2.45) is 0 Å². The van der Waals surface area contributed by atoms with Crippen LogP contribution >= 0.6 is 0 Å². The Morgan fingerprint density at radius 1 is 1.33 bits per heavy atom. The number of hydrogen-bond donors (Lipinski definition) is 2. The Kier molecular flexibility index (Phi) is 6.74. The molecule has 0 spiro atoms. The second kappa shape index (κ2) is 9.02. The van der Waals surface area contributed by atoms with Crippen LogP contribution in [0.25, 0.3) is 0 Å². The highest BCUT2D eigenvalue weighted by Crippen LogP contribution is 2.17. The van der Waals surface area contributed by atoms with E-state index >= 15 is 0 Å². The van der Waals surface area contributed by atoms with Crippen LogP contribution in [-0.2, 0) is 19.1 Å². The third kappa shape index (κ3) is 5.66. The molecule has 2 rings (SSSR count). The van der Waals surface area contributed by atoms with Gasteiger partial charge in [-0.2, -0.15) is 0 Å². The monoisotopic (exact) mass is 334 g/mol. The van der Waals surface area contributed by atoms with Crippen molar-refractivity contribution in [1.29, 1.82) is 0 Å². The van der Waals surface area contributed by atoms with E-state index in [1.807, 2.05) is 0 Å². The average molecular weight is 334 g/mol. The molecule has 0 aliphatic carbocycles. The van der Waals surface area contributed by atoms with Gasteiger partial charge in [-0.25, -0.2) is 0 Å². The zero-order valence-corrected chi connectivity index (χ0v) is 13.7. The number of rotatable bonds is 7. The lowest BCUT2D eigenvalue weighted by Gasteiger charge is -2.10. The molecule has 1 aromatic carbocycles. The first-order valence-electron chi connectivity index (χ1n) is 7.95. The van der Waals surface area contributed by atoms with Crippen LogP contribution in [-0.4, -0.2) is 44.1 Å². The van der Waals surface area contributed by atoms with E-state index in [1.54, 1.807) is 24.3 Å². The second-order valence-electron chi connectivity index (χ2n) is 5.56. The minimum absolute atomic E-state index is 0.113. The first-order chi connectivity index (χ1) is 11.6. The fraction of sp³-hybridized carbons (Fsp3) is 0.471. The Labute approximate surface area is 140 Å². The van der Waals surface area contributed by atoms with Gasteiger partial charge < -0.3 is 20.1 Å². The molecule has 1 aromatic rings. The van der Waals surface area contributed by atoms with Crippen LogP contribution in [0.5, 0.6) is 0 Å². The normalized spacial score (nSPS) is 16.5. The molecule has 24 heavy (non-hydrogen) atoms. The highest BCUT2D eigenvalue weighted by Gasteiger charge is 2.17. The predicted octanol–water partition coefficient (Wildman–Crippen LogP) is 1.49. The number of amides is 2. The van der Waals surface area contributed by atoms with Gasteiger partial charge in [-0.15, -0.1) is 0 Å². The van der Waals surface area contributed by atoms with E-state index in [0.717, 1.165) is 19.4 Å². The number of carbonyl (C=O) groups is 3. The van der Waals surface area contributed by atoms with Gasteiger partial charge in [0.15, 0.2) is 0 Å². The number of benzene rings is 1. The summed E-state index contributed by atoms with van der Waals surface area (Å²) in [7, 11) is 1.25. The molecule has 1 atom stereocenters. The van der Waals surface area contributed by atoms with E-state index < -0.39 is 11.9 Å². The van der Waals surface area contributed by atoms with Crippen molar-refractivity contribution in [3.05, 3.63) is 29.8 Å². The number of carbonyl (C=O) groups excluding carboxylic acids is 3. The molecule has 2 amide bonds. The Morgan fingerprint density at radius 3 is 2.88 bits per heavy atom. The fourth-order valence-electron chi connectivity index (χ4n) is 2.45. The SMILES string of the molecule is COC(=O)CNC(=O)c1cccc(NC(=O)CCC2CCCO2)c1. The smallest absolute Gasteiger partial charge is 0.325 e. The van der Waals surface area contributed by atoms with Gasteiger partial charge in [0.25, 0.3) is 5.91 Å². The number of nitrogens with one attached hydrogen (secondary N) is 2. The maximum Gasteiger partial charge on any atom is 0.325 e. The number of methoxy groups -OCH3 is 1. The summed E-state index contributed by atoms with van der Waals surface area (Å²) < 4.78 is 9.95. The lowest BCUT2D eigenvalue weighted by atomic mass is 10.1. The van der Waals surface area contributed by atoms with E-state index in [-0.39, 0.29) is 18.6 Å². The molecule has 0 saturated carbocycles. The Morgan fingerprint density at radius 2 is 2.17 bits per heavy atom. The van der Waals surface area contributed by atoms with Crippen molar-refractivity contribution in [3.63, 3.8) is 0 Å². The Bertz CT molecular complexity index is 596. The molecule has 7 nitrogen and oxygen atoms in total. The molecule has 1 aliphatic heterocycles. The van der Waals surface area contributed by atoms with E-state index in [2.05, 4.69) is 15.4 Å². The molecular formula is C17H22N2O5. The third-order valence-corrected chi connectivity index (χ3v) is 3.75. The molecule has 2 N–H and O–H groups in total. The summed E-state index contributed by atoms with van der Waals surface area (Å²) in [6.45, 7) is 0.572. The van der Waals surface area contributed by atoms with Crippen molar-refractivity contribution in [3.8, 4) is 0 Å². The largest absolute Gasteiger partial charge is 0.468 e. The quantitative estimate of drug-likeness (QED) is 0.737. The van der Waals surface area contributed by atoms with Gasteiger partial charge in [-0.05, 0) is 37.5 Å². The summed E-state index contributed by atoms with van der Waals surface area (Å²) in [5.41, 5.74) is 0.897. The summed E-state index contributed by atoms with van der Waals surface area (Å²) in [4.78, 5) is 35.0. The number of hydrogen-bond acceptors (Lipinski definition) is 5. The summed E-state index contributed by atoms with van der Waals surface area (Å²) in [5, 5.41) is 5.22. The molecular weight excluding hydrogens is 312 g/mol. The predicted molar refractivity (Wildman–Crippen MR) is 87.6 cm³/mol. The van der Waals surface area contributed by atoms with Crippen LogP contribution in [0.1, 0.15) is 36.0 Å². The highest BCUT2D eigenvalue weighted by atomic mass is 16.5. The standard InChI is InChI=1S/C17H22N2O5/c1-23-16(21)11-18-17(22)12-4-2-5-13(10-12)19-15(20)8-7-14-6-3-9-24-14/h2,4-5,10,14H,3,6-9,11H2,1H3,(H,18,22)(H,19,20). The number of ether oxygens (including phenoxy) is 2. The van der Waals surface area contributed by atoms with Gasteiger partial charge >= 0.3 is 5.97 Å². The summed E-state index contributed by atoms with van der Waals surface area (Å²) in [6, 6.07) is 6.55. The van der Waals surface area contributed by atoms with Crippen molar-refractivity contribution in [2.45, 2.75) is 31.8 Å². The Balaban J connectivity index is 1.83. The lowest BCUT2D eigenvalue weighted by Crippen LogP contribution is -2.30. The maximum absolute atomic E-state index is 12.0. The van der Waals surface area contributed by atoms with Crippen LogP contribution < -0.4 is 10.6 Å². The Hall–Kier alpha value is -2.41. The molecule has 1 aliphatic rings. The molecule has 1 unspecified atom stereocenters. The maximum atomic E-state index is 12.0. The molecule has 0 bridgehead atoms. The van der Waals surface area contributed by atoms with Crippen LogP contribution in [0.3, 0.4) is 0 Å². The second-order valence-corrected chi connectivity index (χ2v) is 5.56. The van der Waals surface area contributed by atoms with Gasteiger partial charge in [-0.1, -0.05) is 6.07 Å². The van der Waals surface area contributed by atoms with Crippen LogP contribution in [0, 0.1) is 0 Å². The van der Waals surface area contributed by atoms with Crippen LogP contribution in [0.15, 0.2) is 24.3 Å². The molecule has 1 fully saturated rings. The summed E-state index contributed by atoms with van der Waals surface area (Å²) >= 11 is 0. The zero-order valence-electron chi connectivity index (χ0n) is 13.7. The van der Waals surface area contributed by atoms with Gasteiger partial charge in [0, 0.05) is 24.3 Å². The number of anilines is 1. The highest BCUT2D eigenvalue weighted by molar-refractivity contribution is 5.98. The van der Waals surface area contributed by atoms with Crippen LogP contribution in [0.4, 0.5) is 5.69 Å². The molecule has 1 heterocycles. The molecule has 130 valence electrons. The van der Waals surface area contributed by atoms with Crippen molar-refractivity contribution in [2.75, 3.05) is 25.6 Å². The minimum atomic E-state index is -0.526. The van der Waals surface area contributed by atoms with Gasteiger partial charge in [-0.3, -0.25) is 14.4 Å². The van der Waals surface area contributed by atoms with E-state index in [0.29, 0.717) is 24.1 Å². The van der Waals surface area contributed by atoms with Gasteiger partial charge in [0.1, 0.15) is 6.54 Å². The topological polar surface area (TPSA) is 93.7 Å².